The van der Waals surface area contributed by atoms with Gasteiger partial charge in [0.15, 0.2) is 11.6 Å². The number of hydrogen-bond acceptors (Lipinski definition) is 3. The highest BCUT2D eigenvalue weighted by Crippen LogP contribution is 2.35. The molecule has 1 aliphatic heterocycles. The predicted octanol–water partition coefficient (Wildman–Crippen LogP) is 2.25. The van der Waals surface area contributed by atoms with Crippen LogP contribution in [0.2, 0.25) is 0 Å². The molecule has 1 saturated heterocycles. The van der Waals surface area contributed by atoms with Gasteiger partial charge < -0.3 is 10.4 Å². The highest BCUT2D eigenvalue weighted by Gasteiger charge is 2.23. The minimum absolute atomic E-state index is 0.153. The van der Waals surface area contributed by atoms with Crippen molar-refractivity contribution in [2.75, 3.05) is 6.54 Å². The van der Waals surface area contributed by atoms with Crippen LogP contribution >= 0.6 is 11.8 Å². The molecule has 0 amide bonds. The van der Waals surface area contributed by atoms with Gasteiger partial charge in [0, 0.05) is 11.8 Å². The predicted molar refractivity (Wildman–Crippen MR) is 55.9 cm³/mol. The zero-order valence-corrected chi connectivity index (χ0v) is 8.64. The van der Waals surface area contributed by atoms with E-state index in [2.05, 4.69) is 12.2 Å². The maximum Gasteiger partial charge on any atom is 0.165 e. The number of thioether (sulfide) groups is 1. The minimum Gasteiger partial charge on any atom is -0.505 e. The molecule has 1 heterocycles. The molecule has 0 bridgehead atoms. The Morgan fingerprint density at radius 1 is 1.57 bits per heavy atom. The molecule has 14 heavy (non-hydrogen) atoms. The van der Waals surface area contributed by atoms with E-state index in [1.165, 1.54) is 12.1 Å². The first-order chi connectivity index (χ1) is 6.66. The van der Waals surface area contributed by atoms with Crippen molar-refractivity contribution in [2.45, 2.75) is 17.5 Å². The van der Waals surface area contributed by atoms with Gasteiger partial charge in [-0.3, -0.25) is 0 Å². The third-order valence-corrected chi connectivity index (χ3v) is 3.58. The van der Waals surface area contributed by atoms with Gasteiger partial charge in [-0.15, -0.1) is 11.8 Å². The molecule has 2 rings (SSSR count). The number of rotatable bonds is 1. The third kappa shape index (κ3) is 1.86. The number of benzene rings is 1. The lowest BCUT2D eigenvalue weighted by atomic mass is 10.2. The second kappa shape index (κ2) is 3.79. The molecule has 0 radical (unpaired) electrons. The smallest absolute Gasteiger partial charge is 0.165 e. The van der Waals surface area contributed by atoms with Gasteiger partial charge in [-0.2, -0.15) is 0 Å². The van der Waals surface area contributed by atoms with Crippen LogP contribution < -0.4 is 5.32 Å². The van der Waals surface area contributed by atoms with Gasteiger partial charge in [0.2, 0.25) is 0 Å². The average molecular weight is 213 g/mol. The highest BCUT2D eigenvalue weighted by molar-refractivity contribution is 8.00. The van der Waals surface area contributed by atoms with Crippen LogP contribution in [0.25, 0.3) is 0 Å². The average Bonchev–Trinajstić information content (AvgIpc) is 2.57. The number of hydrogen-bond donors (Lipinski definition) is 2. The van der Waals surface area contributed by atoms with Gasteiger partial charge in [-0.1, -0.05) is 13.0 Å². The topological polar surface area (TPSA) is 32.3 Å². The standard InChI is InChI=1S/C10H12FNOS/c1-6-5-12-10(14-6)7-2-3-9(13)8(11)4-7/h2-4,6,10,12-13H,5H2,1H3. The fourth-order valence-corrected chi connectivity index (χ4v) is 2.64. The molecule has 1 fully saturated rings. The van der Waals surface area contributed by atoms with E-state index in [0.29, 0.717) is 5.25 Å². The molecular formula is C10H12FNOS. The zero-order chi connectivity index (χ0) is 10.1. The van der Waals surface area contributed by atoms with Crippen LogP contribution in [0, 0.1) is 5.82 Å². The molecule has 0 saturated carbocycles. The highest BCUT2D eigenvalue weighted by atomic mass is 32.2. The molecule has 2 atom stereocenters. The van der Waals surface area contributed by atoms with E-state index in [0.717, 1.165) is 12.1 Å². The Labute approximate surface area is 86.5 Å². The summed E-state index contributed by atoms with van der Waals surface area (Å²) >= 11 is 1.77. The van der Waals surface area contributed by atoms with Crippen molar-refractivity contribution < 1.29 is 9.50 Å². The molecule has 1 aromatic carbocycles. The van der Waals surface area contributed by atoms with Crippen molar-refractivity contribution in [3.05, 3.63) is 29.6 Å². The minimum atomic E-state index is -0.551. The molecule has 0 aromatic heterocycles. The molecule has 76 valence electrons. The summed E-state index contributed by atoms with van der Waals surface area (Å²) in [4.78, 5) is 0. The Morgan fingerprint density at radius 2 is 2.36 bits per heavy atom. The zero-order valence-electron chi connectivity index (χ0n) is 7.83. The van der Waals surface area contributed by atoms with Gasteiger partial charge in [0.05, 0.1) is 5.37 Å². The first-order valence-corrected chi connectivity index (χ1v) is 5.48. The summed E-state index contributed by atoms with van der Waals surface area (Å²) in [6.07, 6.45) is 0. The fraction of sp³-hybridized carbons (Fsp3) is 0.400. The molecular weight excluding hydrogens is 201 g/mol. The lowest BCUT2D eigenvalue weighted by Gasteiger charge is -2.10. The molecule has 2 nitrogen and oxygen atoms in total. The number of phenolic OH excluding ortho intramolecular Hbond substituents is 1. The maximum atomic E-state index is 13.0. The molecule has 2 N–H and O–H groups in total. The largest absolute Gasteiger partial charge is 0.505 e. The number of phenols is 1. The summed E-state index contributed by atoms with van der Waals surface area (Å²) in [5, 5.41) is 13.0. The van der Waals surface area contributed by atoms with Crippen molar-refractivity contribution >= 4 is 11.8 Å². The van der Waals surface area contributed by atoms with Gasteiger partial charge >= 0.3 is 0 Å². The number of halogens is 1. The van der Waals surface area contributed by atoms with Crippen LogP contribution in [0.3, 0.4) is 0 Å². The number of nitrogens with one attached hydrogen (secondary N) is 1. The summed E-state index contributed by atoms with van der Waals surface area (Å²) in [7, 11) is 0. The molecule has 4 heteroatoms. The Balaban J connectivity index is 2.20. The van der Waals surface area contributed by atoms with Crippen molar-refractivity contribution in [3.63, 3.8) is 0 Å². The van der Waals surface area contributed by atoms with E-state index < -0.39 is 5.82 Å². The molecule has 2 unspecified atom stereocenters. The summed E-state index contributed by atoms with van der Waals surface area (Å²) in [5.41, 5.74) is 0.884. The van der Waals surface area contributed by atoms with Crippen LogP contribution in [0.4, 0.5) is 4.39 Å². The van der Waals surface area contributed by atoms with Crippen LogP contribution in [0.1, 0.15) is 17.9 Å². The number of aromatic hydroxyl groups is 1. The van der Waals surface area contributed by atoms with Gasteiger partial charge in [0.1, 0.15) is 0 Å². The van der Waals surface area contributed by atoms with Crippen LogP contribution in [-0.4, -0.2) is 16.9 Å². The second-order valence-electron chi connectivity index (χ2n) is 3.45. The Hall–Kier alpha value is -0.740. The SMILES string of the molecule is CC1CNC(c2ccc(O)c(F)c2)S1. The first kappa shape index (κ1) is 9.80. The van der Waals surface area contributed by atoms with Gasteiger partial charge in [-0.05, 0) is 17.7 Å². The Kier molecular flexibility index (Phi) is 2.65. The summed E-state index contributed by atoms with van der Waals surface area (Å²) < 4.78 is 13.0. The Bertz CT molecular complexity index is 345. The third-order valence-electron chi connectivity index (χ3n) is 2.23. The van der Waals surface area contributed by atoms with Crippen LogP contribution in [0.5, 0.6) is 5.75 Å². The van der Waals surface area contributed by atoms with E-state index in [1.807, 2.05) is 0 Å². The van der Waals surface area contributed by atoms with E-state index >= 15 is 0 Å². The van der Waals surface area contributed by atoms with Crippen molar-refractivity contribution in [1.82, 2.24) is 5.32 Å². The normalized spacial score (nSPS) is 26.7. The van der Waals surface area contributed by atoms with Crippen LogP contribution in [-0.2, 0) is 0 Å². The molecule has 0 spiro atoms. The molecule has 1 aromatic rings. The van der Waals surface area contributed by atoms with Crippen molar-refractivity contribution in [3.8, 4) is 5.75 Å². The van der Waals surface area contributed by atoms with E-state index in [4.69, 9.17) is 5.11 Å². The van der Waals surface area contributed by atoms with Crippen molar-refractivity contribution in [2.24, 2.45) is 0 Å². The van der Waals surface area contributed by atoms with E-state index in [9.17, 15) is 4.39 Å². The summed E-state index contributed by atoms with van der Waals surface area (Å²) in [6, 6.07) is 4.54. The van der Waals surface area contributed by atoms with Crippen LogP contribution in [0.15, 0.2) is 18.2 Å². The van der Waals surface area contributed by atoms with Gasteiger partial charge in [-0.25, -0.2) is 4.39 Å². The fourth-order valence-electron chi connectivity index (χ4n) is 1.48. The molecule has 0 aliphatic carbocycles. The maximum absolute atomic E-state index is 13.0. The summed E-state index contributed by atoms with van der Waals surface area (Å²) in [5.74, 6) is -0.839. The molecule has 1 aliphatic rings. The van der Waals surface area contributed by atoms with E-state index in [-0.39, 0.29) is 11.1 Å². The monoisotopic (exact) mass is 213 g/mol. The van der Waals surface area contributed by atoms with Crippen molar-refractivity contribution in [1.29, 1.82) is 0 Å². The second-order valence-corrected chi connectivity index (χ2v) is 4.99. The first-order valence-electron chi connectivity index (χ1n) is 4.54. The Morgan fingerprint density at radius 3 is 2.93 bits per heavy atom. The quantitative estimate of drug-likeness (QED) is 0.750. The lowest BCUT2D eigenvalue weighted by Crippen LogP contribution is -2.13. The van der Waals surface area contributed by atoms with Gasteiger partial charge in [0.25, 0.3) is 0 Å². The van der Waals surface area contributed by atoms with E-state index in [1.54, 1.807) is 17.8 Å². The lowest BCUT2D eigenvalue weighted by molar-refractivity contribution is 0.431. The summed E-state index contributed by atoms with van der Waals surface area (Å²) in [6.45, 7) is 3.08.